The highest BCUT2D eigenvalue weighted by molar-refractivity contribution is 5.88. The number of hydrogen-bond donors (Lipinski definition) is 1. The fourth-order valence-corrected chi connectivity index (χ4v) is 0.351. The Morgan fingerprint density at radius 2 is 2.09 bits per heavy atom. The van der Waals surface area contributed by atoms with Gasteiger partial charge in [-0.1, -0.05) is 19.8 Å². The molecular formula is C8H12O3. The second kappa shape index (κ2) is 4.75. The van der Waals surface area contributed by atoms with Gasteiger partial charge in [-0.2, -0.15) is 0 Å². The number of methoxy groups -OCH3 is 1. The minimum absolute atomic E-state index is 0.0344. The molecule has 0 aromatic heterocycles. The van der Waals surface area contributed by atoms with Gasteiger partial charge >= 0.3 is 5.97 Å². The molecule has 0 aliphatic heterocycles. The van der Waals surface area contributed by atoms with Gasteiger partial charge in [0.1, 0.15) is 6.10 Å². The molecule has 0 spiro atoms. The van der Waals surface area contributed by atoms with Crippen molar-refractivity contribution in [2.24, 2.45) is 5.92 Å². The van der Waals surface area contributed by atoms with Crippen LogP contribution in [0.1, 0.15) is 13.8 Å². The number of rotatable bonds is 1. The van der Waals surface area contributed by atoms with Gasteiger partial charge in [0, 0.05) is 5.92 Å². The standard InChI is InChI=1S/C8H12O3/c1-6(2)7(9)4-5-8(10)11-3/h6-7,9H,1-3H3/t7-/m1/s1. The third-order valence-corrected chi connectivity index (χ3v) is 1.14. The third-order valence-electron chi connectivity index (χ3n) is 1.14. The molecule has 0 bridgehead atoms. The lowest BCUT2D eigenvalue weighted by molar-refractivity contribution is -0.133. The number of carbonyl (C=O) groups is 1. The minimum Gasteiger partial charge on any atom is -0.459 e. The summed E-state index contributed by atoms with van der Waals surface area (Å²) in [7, 11) is 1.25. The average Bonchev–Trinajstić information content (AvgIpc) is 1.99. The summed E-state index contributed by atoms with van der Waals surface area (Å²) in [4.78, 5) is 10.4. The highest BCUT2D eigenvalue weighted by atomic mass is 16.5. The largest absolute Gasteiger partial charge is 0.459 e. The van der Waals surface area contributed by atoms with E-state index in [2.05, 4.69) is 16.6 Å². The van der Waals surface area contributed by atoms with Crippen LogP contribution in [-0.4, -0.2) is 24.3 Å². The Hall–Kier alpha value is -1.01. The third kappa shape index (κ3) is 4.40. The number of aliphatic hydroxyl groups is 1. The van der Waals surface area contributed by atoms with Crippen molar-refractivity contribution in [2.75, 3.05) is 7.11 Å². The predicted octanol–water partition coefficient (Wildman–Crippen LogP) is 0.180. The summed E-state index contributed by atoms with van der Waals surface area (Å²) >= 11 is 0. The Morgan fingerprint density at radius 1 is 1.55 bits per heavy atom. The number of ether oxygens (including phenoxy) is 1. The van der Waals surface area contributed by atoms with E-state index >= 15 is 0 Å². The maximum absolute atomic E-state index is 10.4. The van der Waals surface area contributed by atoms with E-state index in [9.17, 15) is 4.79 Å². The molecule has 11 heavy (non-hydrogen) atoms. The lowest BCUT2D eigenvalue weighted by atomic mass is 10.1. The van der Waals surface area contributed by atoms with Crippen molar-refractivity contribution in [3.05, 3.63) is 0 Å². The van der Waals surface area contributed by atoms with Crippen LogP contribution in [0.2, 0.25) is 0 Å². The molecule has 0 rings (SSSR count). The quantitative estimate of drug-likeness (QED) is 0.334. The first-order valence-electron chi connectivity index (χ1n) is 3.35. The molecular weight excluding hydrogens is 144 g/mol. The summed E-state index contributed by atoms with van der Waals surface area (Å²) < 4.78 is 4.26. The molecule has 0 saturated heterocycles. The van der Waals surface area contributed by atoms with Crippen LogP contribution in [0, 0.1) is 17.8 Å². The van der Waals surface area contributed by atoms with Crippen molar-refractivity contribution in [1.82, 2.24) is 0 Å². The van der Waals surface area contributed by atoms with E-state index in [4.69, 9.17) is 5.11 Å². The molecule has 0 aliphatic carbocycles. The van der Waals surface area contributed by atoms with Crippen LogP contribution in [0.5, 0.6) is 0 Å². The number of carbonyl (C=O) groups excluding carboxylic acids is 1. The monoisotopic (exact) mass is 156 g/mol. The van der Waals surface area contributed by atoms with Crippen LogP contribution >= 0.6 is 0 Å². The molecule has 1 atom stereocenters. The van der Waals surface area contributed by atoms with Crippen LogP contribution in [0.3, 0.4) is 0 Å². The molecule has 0 aliphatic rings. The summed E-state index contributed by atoms with van der Waals surface area (Å²) in [5, 5.41) is 9.09. The molecule has 62 valence electrons. The molecule has 0 fully saturated rings. The molecule has 0 amide bonds. The van der Waals surface area contributed by atoms with Gasteiger partial charge in [0.2, 0.25) is 0 Å². The summed E-state index contributed by atoms with van der Waals surface area (Å²) in [5.41, 5.74) is 0. The average molecular weight is 156 g/mol. The second-order valence-electron chi connectivity index (χ2n) is 2.45. The number of aliphatic hydroxyl groups excluding tert-OH is 1. The van der Waals surface area contributed by atoms with Crippen LogP contribution in [0.15, 0.2) is 0 Å². The first-order chi connectivity index (χ1) is 5.07. The van der Waals surface area contributed by atoms with Gasteiger partial charge in [0.15, 0.2) is 0 Å². The lowest BCUT2D eigenvalue weighted by Crippen LogP contribution is -2.12. The second-order valence-corrected chi connectivity index (χ2v) is 2.45. The zero-order chi connectivity index (χ0) is 8.85. The molecule has 0 radical (unpaired) electrons. The van der Waals surface area contributed by atoms with E-state index in [0.29, 0.717) is 0 Å². The van der Waals surface area contributed by atoms with Gasteiger partial charge in [0.25, 0.3) is 0 Å². The predicted molar refractivity (Wildman–Crippen MR) is 40.6 cm³/mol. The Bertz CT molecular complexity index is 185. The molecule has 3 heteroatoms. The van der Waals surface area contributed by atoms with Gasteiger partial charge in [-0.15, -0.1) is 0 Å². The zero-order valence-electron chi connectivity index (χ0n) is 6.92. The molecule has 0 aromatic carbocycles. The summed E-state index contributed by atoms with van der Waals surface area (Å²) in [6, 6.07) is 0. The Morgan fingerprint density at radius 3 is 2.45 bits per heavy atom. The molecule has 0 saturated carbocycles. The normalized spacial score (nSPS) is 11.7. The fraction of sp³-hybridized carbons (Fsp3) is 0.625. The van der Waals surface area contributed by atoms with Gasteiger partial charge in [-0.3, -0.25) is 0 Å². The van der Waals surface area contributed by atoms with E-state index in [0.717, 1.165) is 0 Å². The summed E-state index contributed by atoms with van der Waals surface area (Å²) in [5.74, 6) is 3.93. The SMILES string of the molecule is COC(=O)C#C[C@@H](O)C(C)C. The van der Waals surface area contributed by atoms with E-state index in [1.807, 2.05) is 13.8 Å². The molecule has 1 N–H and O–H groups in total. The van der Waals surface area contributed by atoms with E-state index in [1.54, 1.807) is 0 Å². The first kappa shape index (κ1) is 9.99. The maximum Gasteiger partial charge on any atom is 0.384 e. The van der Waals surface area contributed by atoms with E-state index in [1.165, 1.54) is 7.11 Å². The Kier molecular flexibility index (Phi) is 4.32. The Labute approximate surface area is 66.4 Å². The topological polar surface area (TPSA) is 46.5 Å². The van der Waals surface area contributed by atoms with Gasteiger partial charge < -0.3 is 9.84 Å². The molecule has 3 nitrogen and oxygen atoms in total. The van der Waals surface area contributed by atoms with Crippen molar-refractivity contribution in [1.29, 1.82) is 0 Å². The summed E-state index contributed by atoms with van der Waals surface area (Å²) in [6.07, 6.45) is -0.755. The van der Waals surface area contributed by atoms with Crippen molar-refractivity contribution in [3.63, 3.8) is 0 Å². The maximum atomic E-state index is 10.4. The van der Waals surface area contributed by atoms with Crippen LogP contribution in [-0.2, 0) is 9.53 Å². The van der Waals surface area contributed by atoms with E-state index < -0.39 is 12.1 Å². The van der Waals surface area contributed by atoms with Crippen molar-refractivity contribution >= 4 is 5.97 Å². The van der Waals surface area contributed by atoms with Crippen molar-refractivity contribution in [2.45, 2.75) is 20.0 Å². The number of esters is 1. The lowest BCUT2D eigenvalue weighted by Gasteiger charge is -2.04. The molecule has 0 aromatic rings. The highest BCUT2D eigenvalue weighted by Gasteiger charge is 2.04. The van der Waals surface area contributed by atoms with E-state index in [-0.39, 0.29) is 5.92 Å². The van der Waals surface area contributed by atoms with Gasteiger partial charge in [0.05, 0.1) is 7.11 Å². The number of hydrogen-bond acceptors (Lipinski definition) is 3. The minimum atomic E-state index is -0.755. The summed E-state index contributed by atoms with van der Waals surface area (Å²) in [6.45, 7) is 3.63. The van der Waals surface area contributed by atoms with Gasteiger partial charge in [-0.05, 0) is 5.92 Å². The smallest absolute Gasteiger partial charge is 0.384 e. The first-order valence-corrected chi connectivity index (χ1v) is 3.35. The zero-order valence-corrected chi connectivity index (χ0v) is 6.92. The van der Waals surface area contributed by atoms with Crippen LogP contribution in [0.4, 0.5) is 0 Å². The molecule has 0 heterocycles. The van der Waals surface area contributed by atoms with Crippen LogP contribution < -0.4 is 0 Å². The van der Waals surface area contributed by atoms with Crippen molar-refractivity contribution in [3.8, 4) is 11.8 Å². The van der Waals surface area contributed by atoms with Gasteiger partial charge in [-0.25, -0.2) is 4.79 Å². The van der Waals surface area contributed by atoms with Crippen molar-refractivity contribution < 1.29 is 14.6 Å². The fourth-order valence-electron chi connectivity index (χ4n) is 0.351. The highest BCUT2D eigenvalue weighted by Crippen LogP contribution is 1.97. The molecule has 0 unspecified atom stereocenters. The Balaban J connectivity index is 3.96. The van der Waals surface area contributed by atoms with Crippen LogP contribution in [0.25, 0.3) is 0 Å².